The number of imidazole rings is 1. The van der Waals surface area contributed by atoms with Crippen molar-refractivity contribution in [2.24, 2.45) is 7.05 Å². The van der Waals surface area contributed by atoms with Gasteiger partial charge in [-0.15, -0.1) is 65.7 Å². The topological polar surface area (TPSA) is 29.2 Å². The van der Waals surface area contributed by atoms with Crippen LogP contribution in [-0.2, 0) is 28.1 Å². The van der Waals surface area contributed by atoms with Crippen LogP contribution >= 0.6 is 11.3 Å². The Morgan fingerprint density at radius 2 is 1.35 bits per heavy atom. The van der Waals surface area contributed by atoms with Crippen molar-refractivity contribution in [3.05, 3.63) is 163 Å². The second-order valence-corrected chi connectivity index (χ2v) is 15.5. The first kappa shape index (κ1) is 33.9. The van der Waals surface area contributed by atoms with Crippen LogP contribution in [0.25, 0.3) is 70.1 Å². The van der Waals surface area contributed by atoms with Gasteiger partial charge in [0.15, 0.2) is 0 Å². The first-order valence-electron chi connectivity index (χ1n) is 18.3. The number of hydrogen-bond donors (Lipinski definition) is 0. The molecule has 55 heavy (non-hydrogen) atoms. The molecule has 0 unspecified atom stereocenters. The third-order valence-corrected chi connectivity index (χ3v) is 12.1. The first-order chi connectivity index (χ1) is 26.4. The molecule has 7 heteroatoms. The number of thiophene rings is 1. The fraction of sp³-hybridized carbons (Fsp3) is 0.0833. The fourth-order valence-corrected chi connectivity index (χ4v) is 9.88. The van der Waals surface area contributed by atoms with E-state index < -0.39 is 0 Å². The van der Waals surface area contributed by atoms with E-state index in [-0.39, 0.29) is 21.1 Å². The molecule has 7 aromatic carbocycles. The number of aromatic nitrogens is 3. The molecule has 10 aromatic rings. The summed E-state index contributed by atoms with van der Waals surface area (Å²) in [6, 6.07) is 53.5. The molecular formula is C48H34N5PtS-3. The smallest absolute Gasteiger partial charge is 0.0770 e. The summed E-state index contributed by atoms with van der Waals surface area (Å²) in [5.41, 5.74) is 14.3. The van der Waals surface area contributed by atoms with E-state index in [0.717, 1.165) is 61.6 Å². The number of para-hydroxylation sites is 4. The van der Waals surface area contributed by atoms with Crippen molar-refractivity contribution < 1.29 is 21.1 Å². The van der Waals surface area contributed by atoms with Crippen LogP contribution in [0.2, 0.25) is 0 Å². The minimum atomic E-state index is 0. The molecule has 0 spiro atoms. The molecule has 3 aromatic heterocycles. The predicted molar refractivity (Wildman–Crippen MR) is 227 cm³/mol. The molecular weight excluding hydrogens is 874 g/mol. The predicted octanol–water partition coefficient (Wildman–Crippen LogP) is 12.6. The number of fused-ring (bicyclic) bond motifs is 9. The molecule has 5 nitrogen and oxygen atoms in total. The summed E-state index contributed by atoms with van der Waals surface area (Å²) in [5, 5.41) is 4.97. The maximum absolute atomic E-state index is 5.07. The Morgan fingerprint density at radius 3 is 2.16 bits per heavy atom. The van der Waals surface area contributed by atoms with E-state index in [0.29, 0.717) is 0 Å². The van der Waals surface area contributed by atoms with Crippen molar-refractivity contribution in [1.82, 2.24) is 14.1 Å². The molecule has 1 aliphatic rings. The summed E-state index contributed by atoms with van der Waals surface area (Å²) < 4.78 is 7.09. The second kappa shape index (κ2) is 12.7. The van der Waals surface area contributed by atoms with Crippen molar-refractivity contribution in [3.8, 4) is 17.1 Å². The molecule has 1 aliphatic heterocycles. The third-order valence-electron chi connectivity index (χ3n) is 11.0. The maximum Gasteiger partial charge on any atom is 0.0770 e. The van der Waals surface area contributed by atoms with Gasteiger partial charge in [0.1, 0.15) is 0 Å². The van der Waals surface area contributed by atoms with E-state index in [1.54, 1.807) is 0 Å². The van der Waals surface area contributed by atoms with Crippen LogP contribution in [0.3, 0.4) is 0 Å². The van der Waals surface area contributed by atoms with E-state index in [9.17, 15) is 0 Å². The molecule has 0 N–H and O–H groups in total. The van der Waals surface area contributed by atoms with E-state index >= 15 is 0 Å². The zero-order chi connectivity index (χ0) is 36.2. The van der Waals surface area contributed by atoms with Crippen LogP contribution in [0.15, 0.2) is 127 Å². The normalized spacial score (nSPS) is 12.8. The average molecular weight is 908 g/mol. The van der Waals surface area contributed by atoms with E-state index in [1.165, 1.54) is 47.9 Å². The monoisotopic (exact) mass is 907 g/mol. The Labute approximate surface area is 337 Å². The van der Waals surface area contributed by atoms with Gasteiger partial charge in [0.25, 0.3) is 0 Å². The molecule has 4 heterocycles. The van der Waals surface area contributed by atoms with E-state index in [2.05, 4.69) is 187 Å². The molecule has 0 amide bonds. The van der Waals surface area contributed by atoms with Crippen molar-refractivity contribution in [1.29, 1.82) is 0 Å². The van der Waals surface area contributed by atoms with Crippen LogP contribution in [0.5, 0.6) is 0 Å². The number of nitrogens with zero attached hydrogens (tertiary/aromatic N) is 5. The fourth-order valence-electron chi connectivity index (χ4n) is 8.76. The summed E-state index contributed by atoms with van der Waals surface area (Å²) in [4.78, 5) is 9.66. The summed E-state index contributed by atoms with van der Waals surface area (Å²) in [7, 11) is 2.09. The quantitative estimate of drug-likeness (QED) is 0.165. The van der Waals surface area contributed by atoms with Gasteiger partial charge >= 0.3 is 0 Å². The SMILES string of the molecule is Cc1cc(C)c(N2[CH-]N(c3[c-]c(-n4c5[c-]c(-c6nc7ccccc7n6C)ccc5c5c6c(ccc54)sc4ccccc46)ccc3)c3ccccc32)c(C)c1.[Pt]. The Kier molecular flexibility index (Phi) is 7.81. The van der Waals surface area contributed by atoms with Gasteiger partial charge in [0.2, 0.25) is 0 Å². The average Bonchev–Trinajstić information content (AvgIpc) is 3.93. The van der Waals surface area contributed by atoms with Gasteiger partial charge < -0.3 is 18.9 Å². The zero-order valence-corrected chi connectivity index (χ0v) is 33.8. The summed E-state index contributed by atoms with van der Waals surface area (Å²) in [5.74, 6) is 0.892. The van der Waals surface area contributed by atoms with Gasteiger partial charge in [-0.3, -0.25) is 4.98 Å². The van der Waals surface area contributed by atoms with E-state index in [1.807, 2.05) is 17.4 Å². The number of benzene rings is 7. The molecule has 270 valence electrons. The maximum atomic E-state index is 5.07. The van der Waals surface area contributed by atoms with Gasteiger partial charge in [-0.2, -0.15) is 6.07 Å². The number of rotatable bonds is 4. The summed E-state index contributed by atoms with van der Waals surface area (Å²) in [6.07, 6.45) is 0. The minimum Gasteiger partial charge on any atom is -0.493 e. The first-order valence-corrected chi connectivity index (χ1v) is 19.1. The molecule has 0 aliphatic carbocycles. The van der Waals surface area contributed by atoms with Gasteiger partial charge in [0, 0.05) is 70.9 Å². The molecule has 0 saturated carbocycles. The van der Waals surface area contributed by atoms with Crippen LogP contribution in [-0.4, -0.2) is 14.1 Å². The Morgan fingerprint density at radius 1 is 0.618 bits per heavy atom. The van der Waals surface area contributed by atoms with Crippen molar-refractivity contribution in [2.45, 2.75) is 20.8 Å². The molecule has 0 radical (unpaired) electrons. The van der Waals surface area contributed by atoms with Crippen LogP contribution in [0.4, 0.5) is 22.7 Å². The number of hydrogen-bond acceptors (Lipinski definition) is 4. The Balaban J connectivity index is 0.00000372. The largest absolute Gasteiger partial charge is 0.493 e. The standard InChI is InChI=1S/C48H34N5S.Pt/c1-29-24-30(2)47(31(3)25-29)52-28-51(39-17-8-9-18-40(39)52)33-12-11-13-34(27-33)53-41-22-23-44-46(36-14-5-10-19-43(36)54-44)45(41)35-21-20-32(26-42(35)53)48-49-37-15-6-7-16-38(37)50(48)4;/h5-25,28H,1-4H3;/q-3;. The molecule has 0 saturated heterocycles. The molecule has 11 rings (SSSR count). The van der Waals surface area contributed by atoms with Crippen LogP contribution < -0.4 is 9.80 Å². The molecule has 0 atom stereocenters. The third kappa shape index (κ3) is 5.05. The van der Waals surface area contributed by atoms with Crippen molar-refractivity contribution >= 4 is 87.1 Å². The molecule has 0 bridgehead atoms. The minimum absolute atomic E-state index is 0. The van der Waals surface area contributed by atoms with Gasteiger partial charge in [-0.1, -0.05) is 71.2 Å². The molecule has 0 fully saturated rings. The number of anilines is 4. The second-order valence-electron chi connectivity index (χ2n) is 14.4. The van der Waals surface area contributed by atoms with Gasteiger partial charge in [0.05, 0.1) is 16.9 Å². The van der Waals surface area contributed by atoms with Crippen molar-refractivity contribution in [3.63, 3.8) is 0 Å². The van der Waals surface area contributed by atoms with Gasteiger partial charge in [-0.05, 0) is 85.3 Å². The van der Waals surface area contributed by atoms with Crippen LogP contribution in [0, 0.1) is 39.6 Å². The number of aryl methyl sites for hydroxylation is 4. The zero-order valence-electron chi connectivity index (χ0n) is 30.7. The Bertz CT molecular complexity index is 3140. The Hall–Kier alpha value is -5.68. The summed E-state index contributed by atoms with van der Waals surface area (Å²) >= 11 is 1.85. The van der Waals surface area contributed by atoms with Crippen LogP contribution in [0.1, 0.15) is 16.7 Å². The van der Waals surface area contributed by atoms with E-state index in [4.69, 9.17) is 4.98 Å². The van der Waals surface area contributed by atoms with Gasteiger partial charge in [-0.25, -0.2) is 0 Å². The summed E-state index contributed by atoms with van der Waals surface area (Å²) in [6.45, 7) is 8.79. The van der Waals surface area contributed by atoms with Crippen molar-refractivity contribution in [2.75, 3.05) is 9.80 Å².